The van der Waals surface area contributed by atoms with Crippen molar-refractivity contribution in [2.24, 2.45) is 0 Å². The molecule has 2 aliphatic rings. The fraction of sp³-hybridized carbons (Fsp3) is 0.235. The summed E-state index contributed by atoms with van der Waals surface area (Å²) in [4.78, 5) is 14.1. The van der Waals surface area contributed by atoms with Crippen molar-refractivity contribution in [1.29, 1.82) is 0 Å². The monoisotopic (exact) mass is 280 g/mol. The quantitative estimate of drug-likeness (QED) is 0.873. The lowest BCUT2D eigenvalue weighted by Crippen LogP contribution is -2.30. The Hall–Kier alpha value is -2.17. The zero-order chi connectivity index (χ0) is 14.2. The number of ether oxygens (including phenoxy) is 1. The summed E-state index contributed by atoms with van der Waals surface area (Å²) in [7, 11) is 0. The van der Waals surface area contributed by atoms with Crippen molar-refractivity contribution in [3.05, 3.63) is 65.7 Å². The molecule has 106 valence electrons. The van der Waals surface area contributed by atoms with Crippen LogP contribution in [0.1, 0.15) is 23.5 Å². The lowest BCUT2D eigenvalue weighted by atomic mass is 10.1. The van der Waals surface area contributed by atoms with Crippen LogP contribution in [-0.4, -0.2) is 23.9 Å². The second-order valence-corrected chi connectivity index (χ2v) is 5.45. The van der Waals surface area contributed by atoms with Gasteiger partial charge in [-0.2, -0.15) is 0 Å². The highest BCUT2D eigenvalue weighted by atomic mass is 16.5. The maximum absolute atomic E-state index is 12.0. The second-order valence-electron chi connectivity index (χ2n) is 5.45. The summed E-state index contributed by atoms with van der Waals surface area (Å²) >= 11 is 0. The predicted octanol–water partition coefficient (Wildman–Crippen LogP) is 2.71. The summed E-state index contributed by atoms with van der Waals surface area (Å²) in [5.41, 5.74) is 3.04. The molecule has 1 N–H and O–H groups in total. The van der Waals surface area contributed by atoms with Crippen LogP contribution in [0.25, 0.3) is 0 Å². The molecule has 21 heavy (non-hydrogen) atoms. The number of fused-ring (bicyclic) bond motifs is 3. The lowest BCUT2D eigenvalue weighted by Gasteiger charge is -2.19. The summed E-state index contributed by atoms with van der Waals surface area (Å²) in [5, 5.41) is 2.94. The van der Waals surface area contributed by atoms with Crippen LogP contribution in [0.5, 0.6) is 0 Å². The Labute approximate surface area is 123 Å². The van der Waals surface area contributed by atoms with Crippen LogP contribution in [0.3, 0.4) is 0 Å². The molecule has 2 aromatic carbocycles. The number of benzene rings is 2. The van der Waals surface area contributed by atoms with Gasteiger partial charge in [-0.1, -0.05) is 48.5 Å². The molecule has 0 saturated carbocycles. The highest BCUT2D eigenvalue weighted by Gasteiger charge is 2.38. The Morgan fingerprint density at radius 2 is 1.81 bits per heavy atom. The first-order valence-corrected chi connectivity index (χ1v) is 7.14. The van der Waals surface area contributed by atoms with Gasteiger partial charge in [-0.15, -0.1) is 0 Å². The topological polar surface area (TPSA) is 41.6 Å². The van der Waals surface area contributed by atoms with Gasteiger partial charge in [0.05, 0.1) is 12.6 Å². The fourth-order valence-corrected chi connectivity index (χ4v) is 3.06. The fourth-order valence-electron chi connectivity index (χ4n) is 3.06. The number of hydrogen-bond donors (Lipinski definition) is 1. The van der Waals surface area contributed by atoms with Crippen molar-refractivity contribution in [1.82, 2.24) is 4.90 Å². The molecule has 0 aliphatic carbocycles. The first-order chi connectivity index (χ1) is 10.3. The van der Waals surface area contributed by atoms with Crippen LogP contribution in [0, 0.1) is 0 Å². The molecule has 0 spiro atoms. The van der Waals surface area contributed by atoms with Crippen molar-refractivity contribution in [3.63, 3.8) is 0 Å². The van der Waals surface area contributed by atoms with Crippen LogP contribution < -0.4 is 5.32 Å². The van der Waals surface area contributed by atoms with E-state index in [9.17, 15) is 4.79 Å². The highest BCUT2D eigenvalue weighted by molar-refractivity contribution is 5.93. The zero-order valence-corrected chi connectivity index (χ0v) is 11.5. The summed E-state index contributed by atoms with van der Waals surface area (Å²) in [6.45, 7) is 1.10. The summed E-state index contributed by atoms with van der Waals surface area (Å²) in [5.74, 6) is 0.0160. The molecular weight excluding hydrogens is 264 g/mol. The number of carbonyl (C=O) groups excluding carboxylic acids is 1. The first kappa shape index (κ1) is 12.6. The van der Waals surface area contributed by atoms with Crippen molar-refractivity contribution in [2.75, 3.05) is 18.4 Å². The van der Waals surface area contributed by atoms with E-state index in [-0.39, 0.29) is 18.2 Å². The third-order valence-corrected chi connectivity index (χ3v) is 4.04. The number of hydrogen-bond acceptors (Lipinski definition) is 3. The third kappa shape index (κ3) is 2.22. The molecule has 4 rings (SSSR count). The number of nitrogens with zero attached hydrogens (tertiary/aromatic N) is 1. The Morgan fingerprint density at radius 3 is 2.67 bits per heavy atom. The molecule has 4 heteroatoms. The average molecular weight is 280 g/mol. The maximum atomic E-state index is 12.0. The molecule has 0 radical (unpaired) electrons. The second kappa shape index (κ2) is 4.98. The molecule has 2 aliphatic heterocycles. The molecule has 0 aromatic heterocycles. The molecular formula is C17H16N2O2. The van der Waals surface area contributed by atoms with Gasteiger partial charge in [0.2, 0.25) is 5.91 Å². The molecule has 1 fully saturated rings. The minimum atomic E-state index is -0.162. The van der Waals surface area contributed by atoms with E-state index in [1.54, 1.807) is 0 Å². The third-order valence-electron chi connectivity index (χ3n) is 4.04. The molecule has 0 bridgehead atoms. The van der Waals surface area contributed by atoms with E-state index in [0.29, 0.717) is 6.54 Å². The Bertz CT molecular complexity index is 672. The van der Waals surface area contributed by atoms with Crippen LogP contribution in [0.15, 0.2) is 54.6 Å². The minimum Gasteiger partial charge on any atom is -0.349 e. The van der Waals surface area contributed by atoms with Gasteiger partial charge in [0.15, 0.2) is 0 Å². The van der Waals surface area contributed by atoms with Crippen molar-refractivity contribution >= 4 is 11.6 Å². The normalized spacial score (nSPS) is 24.9. The van der Waals surface area contributed by atoms with Gasteiger partial charge < -0.3 is 10.1 Å². The van der Waals surface area contributed by atoms with Gasteiger partial charge >= 0.3 is 0 Å². The van der Waals surface area contributed by atoms with Gasteiger partial charge in [0.1, 0.15) is 6.23 Å². The zero-order valence-electron chi connectivity index (χ0n) is 11.5. The lowest BCUT2D eigenvalue weighted by molar-refractivity contribution is -0.118. The molecule has 1 saturated heterocycles. The Morgan fingerprint density at radius 1 is 1.05 bits per heavy atom. The maximum Gasteiger partial charge on any atom is 0.238 e. The SMILES string of the molecule is O=C1CN2C[C@@H](c3ccccc3)O[C@H]2c2ccccc2N1. The van der Waals surface area contributed by atoms with Crippen molar-refractivity contribution < 1.29 is 9.53 Å². The van der Waals surface area contributed by atoms with Gasteiger partial charge in [0.25, 0.3) is 0 Å². The Balaban J connectivity index is 1.70. The van der Waals surface area contributed by atoms with Crippen molar-refractivity contribution in [2.45, 2.75) is 12.3 Å². The number of anilines is 1. The predicted molar refractivity (Wildman–Crippen MR) is 79.7 cm³/mol. The number of nitrogens with one attached hydrogen (secondary N) is 1. The summed E-state index contributed by atoms with van der Waals surface area (Å²) < 4.78 is 6.24. The molecule has 2 aromatic rings. The van der Waals surface area contributed by atoms with E-state index in [0.717, 1.165) is 23.4 Å². The van der Waals surface area contributed by atoms with Crippen LogP contribution >= 0.6 is 0 Å². The van der Waals surface area contributed by atoms with Crippen LogP contribution in [-0.2, 0) is 9.53 Å². The first-order valence-electron chi connectivity index (χ1n) is 7.14. The van der Waals surface area contributed by atoms with Crippen LogP contribution in [0.4, 0.5) is 5.69 Å². The van der Waals surface area contributed by atoms with Gasteiger partial charge in [0, 0.05) is 17.8 Å². The average Bonchev–Trinajstić information content (AvgIpc) is 2.87. The van der Waals surface area contributed by atoms with Gasteiger partial charge in [-0.25, -0.2) is 0 Å². The molecule has 2 heterocycles. The van der Waals surface area contributed by atoms with Crippen molar-refractivity contribution in [3.8, 4) is 0 Å². The number of amides is 1. The van der Waals surface area contributed by atoms with E-state index >= 15 is 0 Å². The number of rotatable bonds is 1. The van der Waals surface area contributed by atoms with Crippen LogP contribution in [0.2, 0.25) is 0 Å². The summed E-state index contributed by atoms with van der Waals surface area (Å²) in [6.07, 6.45) is -0.152. The molecule has 0 unspecified atom stereocenters. The number of carbonyl (C=O) groups is 1. The molecule has 4 nitrogen and oxygen atoms in total. The van der Waals surface area contributed by atoms with E-state index in [4.69, 9.17) is 4.74 Å². The van der Waals surface area contributed by atoms with Gasteiger partial charge in [-0.3, -0.25) is 9.69 Å². The smallest absolute Gasteiger partial charge is 0.238 e. The van der Waals surface area contributed by atoms with E-state index in [1.807, 2.05) is 42.5 Å². The van der Waals surface area contributed by atoms with E-state index in [1.165, 1.54) is 0 Å². The highest BCUT2D eigenvalue weighted by Crippen LogP contribution is 2.41. The Kier molecular flexibility index (Phi) is 2.98. The number of para-hydroxylation sites is 1. The minimum absolute atomic E-state index is 0.00940. The van der Waals surface area contributed by atoms with E-state index < -0.39 is 0 Å². The van der Waals surface area contributed by atoms with E-state index in [2.05, 4.69) is 22.3 Å². The summed E-state index contributed by atoms with van der Waals surface area (Å²) in [6, 6.07) is 18.0. The standard InChI is InChI=1S/C17H16N2O2/c20-16-11-19-10-15(12-6-2-1-3-7-12)21-17(19)13-8-4-5-9-14(13)18-16/h1-9,15,17H,10-11H2,(H,18,20)/t15-,17-/m0/s1. The molecule has 2 atom stereocenters. The molecule has 1 amide bonds. The van der Waals surface area contributed by atoms with Gasteiger partial charge in [-0.05, 0) is 11.6 Å². The largest absolute Gasteiger partial charge is 0.349 e.